The first kappa shape index (κ1) is 31.3. The number of carbonyl (C=O) groups excluding carboxylic acids is 5. The van der Waals surface area contributed by atoms with Crippen molar-refractivity contribution in [2.45, 2.75) is 66.3 Å². The van der Waals surface area contributed by atoms with Gasteiger partial charge < -0.3 is 24.9 Å². The molecule has 0 saturated carbocycles. The summed E-state index contributed by atoms with van der Waals surface area (Å²) >= 11 is 0. The molecular formula is C30H37N4O7-. The highest BCUT2D eigenvalue weighted by Gasteiger charge is 2.54. The number of nitrogens with zero attached hydrogens (tertiary/aromatic N) is 2. The minimum Gasteiger partial charge on any atom is -0.492 e. The van der Waals surface area contributed by atoms with Crippen LogP contribution in [0.5, 0.6) is 5.75 Å². The van der Waals surface area contributed by atoms with Gasteiger partial charge in [-0.2, -0.15) is 0 Å². The second-order valence-electron chi connectivity index (χ2n) is 10.6. The Bertz CT molecular complexity index is 1260. The van der Waals surface area contributed by atoms with Crippen LogP contribution >= 0.6 is 0 Å². The highest BCUT2D eigenvalue weighted by Crippen LogP contribution is 2.32. The van der Waals surface area contributed by atoms with Crippen LogP contribution in [0.1, 0.15) is 53.0 Å². The average Bonchev–Trinajstić information content (AvgIpc) is 3.15. The van der Waals surface area contributed by atoms with Gasteiger partial charge in [0.05, 0.1) is 25.2 Å². The number of carbonyl (C=O) groups is 4. The molecule has 1 aliphatic heterocycles. The molecule has 1 saturated heterocycles. The van der Waals surface area contributed by atoms with E-state index < -0.39 is 41.3 Å². The second-order valence-corrected chi connectivity index (χ2v) is 10.6. The van der Waals surface area contributed by atoms with Crippen molar-refractivity contribution in [1.82, 2.24) is 9.80 Å². The van der Waals surface area contributed by atoms with Crippen molar-refractivity contribution in [3.05, 3.63) is 54.1 Å². The third-order valence-electron chi connectivity index (χ3n) is 6.39. The molecule has 0 aromatic heterocycles. The van der Waals surface area contributed by atoms with E-state index >= 15 is 0 Å². The standard InChI is InChI=1S/C30H37N4O7/c1-6-8-16-41-23-15-14-21(31-19-35)17-22(23)32-26(37)24(25(36)30(3,4)5)34-27(38)28(40-7-2)33(29(34)39)18-20-12-10-9-11-13-20/h9-15,17,24,28H,6-8,16,18H2,1-5H3,(H,31,35)(H,32,37)/q-1. The maximum absolute atomic E-state index is 13.9. The molecule has 11 heteroatoms. The van der Waals surface area contributed by atoms with Gasteiger partial charge >= 0.3 is 6.03 Å². The molecule has 0 radical (unpaired) electrons. The summed E-state index contributed by atoms with van der Waals surface area (Å²) in [6.45, 7) is 9.02. The van der Waals surface area contributed by atoms with Crippen LogP contribution in [0.2, 0.25) is 0 Å². The van der Waals surface area contributed by atoms with Crippen LogP contribution < -0.4 is 15.4 Å². The molecule has 220 valence electrons. The van der Waals surface area contributed by atoms with E-state index in [4.69, 9.17) is 9.47 Å². The molecule has 2 N–H and O–H groups in total. The second kappa shape index (κ2) is 13.9. The van der Waals surface area contributed by atoms with Crippen LogP contribution in [0.25, 0.3) is 0 Å². The molecule has 0 spiro atoms. The molecule has 1 fully saturated rings. The fourth-order valence-electron chi connectivity index (χ4n) is 4.25. The zero-order chi connectivity index (χ0) is 30.2. The summed E-state index contributed by atoms with van der Waals surface area (Å²) in [7, 11) is 0. The Labute approximate surface area is 240 Å². The van der Waals surface area contributed by atoms with Crippen molar-refractivity contribution < 1.29 is 33.4 Å². The van der Waals surface area contributed by atoms with E-state index in [1.807, 2.05) is 13.0 Å². The maximum atomic E-state index is 13.9. The quantitative estimate of drug-likeness (QED) is 0.116. The van der Waals surface area contributed by atoms with Gasteiger partial charge in [0.25, 0.3) is 11.8 Å². The molecule has 11 nitrogen and oxygen atoms in total. The molecule has 5 amide bonds. The van der Waals surface area contributed by atoms with Crippen LogP contribution in [0.15, 0.2) is 48.5 Å². The van der Waals surface area contributed by atoms with Crippen molar-refractivity contribution in [3.63, 3.8) is 0 Å². The highest BCUT2D eigenvalue weighted by atomic mass is 16.5. The third kappa shape index (κ3) is 7.49. The summed E-state index contributed by atoms with van der Waals surface area (Å²) in [5, 5.41) is 5.05. The van der Waals surface area contributed by atoms with Crippen LogP contribution in [0, 0.1) is 5.41 Å². The Balaban J connectivity index is 2.02. The predicted octanol–water partition coefficient (Wildman–Crippen LogP) is 4.09. The van der Waals surface area contributed by atoms with Gasteiger partial charge in [0.2, 0.25) is 6.23 Å². The van der Waals surface area contributed by atoms with Gasteiger partial charge in [-0.05, 0) is 25.0 Å². The van der Waals surface area contributed by atoms with Crippen molar-refractivity contribution >= 4 is 41.4 Å². The van der Waals surface area contributed by atoms with Gasteiger partial charge in [0.1, 0.15) is 5.75 Å². The Morgan fingerprint density at radius 3 is 2.39 bits per heavy atom. The molecular weight excluding hydrogens is 528 g/mol. The summed E-state index contributed by atoms with van der Waals surface area (Å²) in [4.78, 5) is 67.8. The lowest BCUT2D eigenvalue weighted by Crippen LogP contribution is -2.55. The number of hydrogen-bond acceptors (Lipinski definition) is 7. The van der Waals surface area contributed by atoms with Crippen LogP contribution in [-0.2, 0) is 30.5 Å². The molecule has 1 aliphatic rings. The van der Waals surface area contributed by atoms with E-state index in [9.17, 15) is 24.0 Å². The Morgan fingerprint density at radius 2 is 1.78 bits per heavy atom. The average molecular weight is 566 g/mol. The number of urea groups is 1. The Hall–Kier alpha value is -4.25. The fourth-order valence-corrected chi connectivity index (χ4v) is 4.25. The number of unbranched alkanes of at least 4 members (excludes halogenated alkanes) is 1. The predicted molar refractivity (Wildman–Crippen MR) is 153 cm³/mol. The maximum Gasteiger partial charge on any atom is 0.330 e. The Morgan fingerprint density at radius 1 is 1.07 bits per heavy atom. The van der Waals surface area contributed by atoms with Crippen LogP contribution in [0.3, 0.4) is 0 Å². The molecule has 0 bridgehead atoms. The van der Waals surface area contributed by atoms with Gasteiger partial charge in [0.15, 0.2) is 11.8 Å². The van der Waals surface area contributed by atoms with E-state index in [2.05, 4.69) is 10.6 Å². The van der Waals surface area contributed by atoms with E-state index in [0.717, 1.165) is 18.4 Å². The first-order chi connectivity index (χ1) is 19.5. The number of ketones is 1. The lowest BCUT2D eigenvalue weighted by Gasteiger charge is -2.29. The van der Waals surface area contributed by atoms with Crippen molar-refractivity contribution in [1.29, 1.82) is 0 Å². The summed E-state index contributed by atoms with van der Waals surface area (Å²) in [5.41, 5.74) is 0.121. The number of Topliss-reactive ketones (excluding diaryl/α,β-unsaturated/α-hetero) is 1. The van der Waals surface area contributed by atoms with Crippen LogP contribution in [0.4, 0.5) is 16.2 Å². The number of amides is 5. The fraction of sp³-hybridized carbons (Fsp3) is 0.433. The van der Waals surface area contributed by atoms with E-state index in [-0.39, 0.29) is 18.8 Å². The number of benzene rings is 2. The number of ether oxygens (including phenoxy) is 2. The van der Waals surface area contributed by atoms with Gasteiger partial charge in [-0.3, -0.25) is 19.3 Å². The summed E-state index contributed by atoms with van der Waals surface area (Å²) < 4.78 is 11.5. The van der Waals surface area contributed by atoms with E-state index in [1.165, 1.54) is 11.0 Å². The first-order valence-corrected chi connectivity index (χ1v) is 13.6. The van der Waals surface area contributed by atoms with E-state index in [1.54, 1.807) is 70.5 Å². The first-order valence-electron chi connectivity index (χ1n) is 13.6. The molecule has 0 aliphatic carbocycles. The molecule has 2 unspecified atom stereocenters. The summed E-state index contributed by atoms with van der Waals surface area (Å²) in [5.74, 6) is -2.06. The van der Waals surface area contributed by atoms with Crippen molar-refractivity contribution in [3.8, 4) is 5.75 Å². The zero-order valence-electron chi connectivity index (χ0n) is 24.1. The molecule has 2 aromatic rings. The zero-order valence-corrected chi connectivity index (χ0v) is 24.1. The molecule has 1 heterocycles. The SMILES string of the molecule is CCCCOc1ccc(N[C-]=O)cc1NC(=O)C(C(=O)C(C)(C)C)N1C(=O)C(OCC)N(Cc2ccccc2)C1=O. The van der Waals surface area contributed by atoms with Crippen molar-refractivity contribution in [2.24, 2.45) is 5.41 Å². The molecule has 2 aromatic carbocycles. The van der Waals surface area contributed by atoms with Gasteiger partial charge in [-0.1, -0.05) is 70.5 Å². The third-order valence-corrected chi connectivity index (χ3v) is 6.39. The topological polar surface area (TPSA) is 134 Å². The number of rotatable bonds is 14. The smallest absolute Gasteiger partial charge is 0.330 e. The molecule has 3 rings (SSSR count). The van der Waals surface area contributed by atoms with Crippen molar-refractivity contribution in [2.75, 3.05) is 23.8 Å². The number of nitrogens with one attached hydrogen (secondary N) is 2. The monoisotopic (exact) mass is 565 g/mol. The lowest BCUT2D eigenvalue weighted by atomic mass is 9.85. The lowest BCUT2D eigenvalue weighted by molar-refractivity contribution is -0.149. The largest absolute Gasteiger partial charge is 0.492 e. The number of hydrogen-bond donors (Lipinski definition) is 2. The normalized spacial score (nSPS) is 16.0. The van der Waals surface area contributed by atoms with Crippen LogP contribution in [-0.4, -0.2) is 65.3 Å². The van der Waals surface area contributed by atoms with Gasteiger partial charge in [-0.25, -0.2) is 9.69 Å². The minimum absolute atomic E-state index is 0.0377. The summed E-state index contributed by atoms with van der Waals surface area (Å²) in [6, 6.07) is 11.0. The Kier molecular flexibility index (Phi) is 10.6. The molecule has 2 atom stereocenters. The van der Waals surface area contributed by atoms with Gasteiger partial charge in [0, 0.05) is 12.0 Å². The summed E-state index contributed by atoms with van der Waals surface area (Å²) in [6.07, 6.45) is 1.90. The number of anilines is 2. The number of imide groups is 1. The van der Waals surface area contributed by atoms with E-state index in [0.29, 0.717) is 22.9 Å². The van der Waals surface area contributed by atoms with Gasteiger partial charge in [-0.15, -0.1) is 11.8 Å². The minimum atomic E-state index is -1.79. The molecule has 41 heavy (non-hydrogen) atoms. The highest BCUT2D eigenvalue weighted by molar-refractivity contribution is 6.19.